The highest BCUT2D eigenvalue weighted by Crippen LogP contribution is 2.02. The molecule has 0 bridgehead atoms. The SMILES string of the molecule is Cl.O=C(COCc1ccccc1)NC1CCNCC1. The molecular weight excluding hydrogens is 264 g/mol. The molecule has 2 rings (SSSR count). The summed E-state index contributed by atoms with van der Waals surface area (Å²) >= 11 is 0. The fourth-order valence-electron chi connectivity index (χ4n) is 2.07. The van der Waals surface area contributed by atoms with Crippen molar-refractivity contribution >= 4 is 18.3 Å². The Labute approximate surface area is 120 Å². The zero-order valence-corrected chi connectivity index (χ0v) is 11.7. The summed E-state index contributed by atoms with van der Waals surface area (Å²) in [7, 11) is 0. The lowest BCUT2D eigenvalue weighted by Gasteiger charge is -2.23. The molecule has 4 nitrogen and oxygen atoms in total. The van der Waals surface area contributed by atoms with Crippen molar-refractivity contribution in [3.63, 3.8) is 0 Å². The van der Waals surface area contributed by atoms with Gasteiger partial charge in [-0.25, -0.2) is 0 Å². The number of carbonyl (C=O) groups is 1. The van der Waals surface area contributed by atoms with E-state index in [9.17, 15) is 4.79 Å². The number of benzene rings is 1. The molecule has 106 valence electrons. The van der Waals surface area contributed by atoms with Gasteiger partial charge in [0.25, 0.3) is 0 Å². The first kappa shape index (κ1) is 16.0. The molecule has 2 N–H and O–H groups in total. The van der Waals surface area contributed by atoms with Crippen LogP contribution in [0, 0.1) is 0 Å². The molecule has 1 saturated heterocycles. The second kappa shape index (κ2) is 8.91. The molecule has 1 heterocycles. The molecule has 0 spiro atoms. The third kappa shape index (κ3) is 6.05. The maximum absolute atomic E-state index is 11.6. The molecule has 1 fully saturated rings. The van der Waals surface area contributed by atoms with Crippen molar-refractivity contribution in [1.29, 1.82) is 0 Å². The second-order valence-corrected chi connectivity index (χ2v) is 4.57. The average Bonchev–Trinajstić information content (AvgIpc) is 2.41. The number of hydrogen-bond acceptors (Lipinski definition) is 3. The van der Waals surface area contributed by atoms with Gasteiger partial charge in [-0.3, -0.25) is 4.79 Å². The monoisotopic (exact) mass is 284 g/mol. The first-order chi connectivity index (χ1) is 8.84. The van der Waals surface area contributed by atoms with E-state index in [1.165, 1.54) is 0 Å². The second-order valence-electron chi connectivity index (χ2n) is 4.57. The summed E-state index contributed by atoms with van der Waals surface area (Å²) in [5.41, 5.74) is 1.09. The third-order valence-corrected chi connectivity index (χ3v) is 3.05. The first-order valence-electron chi connectivity index (χ1n) is 6.46. The Morgan fingerprint density at radius 1 is 1.26 bits per heavy atom. The smallest absolute Gasteiger partial charge is 0.246 e. The summed E-state index contributed by atoms with van der Waals surface area (Å²) in [4.78, 5) is 11.6. The maximum atomic E-state index is 11.6. The molecule has 0 radical (unpaired) electrons. The number of amides is 1. The summed E-state index contributed by atoms with van der Waals surface area (Å²) in [6.07, 6.45) is 2.01. The van der Waals surface area contributed by atoms with Crippen molar-refractivity contribution in [3.05, 3.63) is 35.9 Å². The number of halogens is 1. The Bertz CT molecular complexity index is 367. The number of rotatable bonds is 5. The topological polar surface area (TPSA) is 50.4 Å². The molecule has 5 heteroatoms. The lowest BCUT2D eigenvalue weighted by Crippen LogP contribution is -2.43. The van der Waals surface area contributed by atoms with Crippen molar-refractivity contribution in [2.45, 2.75) is 25.5 Å². The van der Waals surface area contributed by atoms with Crippen LogP contribution >= 0.6 is 12.4 Å². The Morgan fingerprint density at radius 2 is 1.95 bits per heavy atom. The standard InChI is InChI=1S/C14H20N2O2.ClH/c17-14(16-13-6-8-15-9-7-13)11-18-10-12-4-2-1-3-5-12;/h1-5,13,15H,6-11H2,(H,16,17);1H. The summed E-state index contributed by atoms with van der Waals surface area (Å²) in [6, 6.07) is 10.2. The minimum absolute atomic E-state index is 0. The van der Waals surface area contributed by atoms with Crippen molar-refractivity contribution in [2.75, 3.05) is 19.7 Å². The summed E-state index contributed by atoms with van der Waals surface area (Å²) in [5, 5.41) is 6.27. The van der Waals surface area contributed by atoms with Gasteiger partial charge in [-0.05, 0) is 31.5 Å². The molecule has 1 aromatic rings. The van der Waals surface area contributed by atoms with Crippen molar-refractivity contribution in [1.82, 2.24) is 10.6 Å². The Morgan fingerprint density at radius 3 is 2.63 bits per heavy atom. The van der Waals surface area contributed by atoms with E-state index < -0.39 is 0 Å². The fraction of sp³-hybridized carbons (Fsp3) is 0.500. The van der Waals surface area contributed by atoms with Gasteiger partial charge in [0.15, 0.2) is 0 Å². The van der Waals surface area contributed by atoms with Crippen LogP contribution in [0.1, 0.15) is 18.4 Å². The van der Waals surface area contributed by atoms with Crippen LogP contribution in [-0.2, 0) is 16.1 Å². The molecule has 0 aromatic heterocycles. The highest BCUT2D eigenvalue weighted by atomic mass is 35.5. The predicted molar refractivity (Wildman–Crippen MR) is 77.4 cm³/mol. The lowest BCUT2D eigenvalue weighted by atomic mass is 10.1. The normalized spacial score (nSPS) is 15.6. The van der Waals surface area contributed by atoms with Crippen LogP contribution in [0.3, 0.4) is 0 Å². The van der Waals surface area contributed by atoms with Crippen molar-refractivity contribution in [3.8, 4) is 0 Å². The molecule has 1 amide bonds. The van der Waals surface area contributed by atoms with Gasteiger partial charge in [-0.2, -0.15) is 0 Å². The third-order valence-electron chi connectivity index (χ3n) is 3.05. The largest absolute Gasteiger partial charge is 0.367 e. The van der Waals surface area contributed by atoms with Gasteiger partial charge in [-0.15, -0.1) is 12.4 Å². The van der Waals surface area contributed by atoms with Crippen LogP contribution in [0.15, 0.2) is 30.3 Å². The Hall–Kier alpha value is -1.10. The molecular formula is C14H21ClN2O2. The Kier molecular flexibility index (Phi) is 7.48. The van der Waals surface area contributed by atoms with Crippen LogP contribution in [0.25, 0.3) is 0 Å². The van der Waals surface area contributed by atoms with E-state index in [0.29, 0.717) is 12.6 Å². The Balaban J connectivity index is 0.00000180. The van der Waals surface area contributed by atoms with Crippen LogP contribution in [0.2, 0.25) is 0 Å². The fourth-order valence-corrected chi connectivity index (χ4v) is 2.07. The van der Waals surface area contributed by atoms with E-state index in [-0.39, 0.29) is 24.9 Å². The maximum Gasteiger partial charge on any atom is 0.246 e. The lowest BCUT2D eigenvalue weighted by molar-refractivity contribution is -0.127. The van der Waals surface area contributed by atoms with Gasteiger partial charge in [0.2, 0.25) is 5.91 Å². The molecule has 1 aromatic carbocycles. The quantitative estimate of drug-likeness (QED) is 0.861. The molecule has 1 aliphatic heterocycles. The van der Waals surface area contributed by atoms with Crippen LogP contribution in [0.4, 0.5) is 0 Å². The predicted octanol–water partition coefficient (Wildman–Crippen LogP) is 1.49. The molecule has 0 atom stereocenters. The van der Waals surface area contributed by atoms with E-state index in [1.54, 1.807) is 0 Å². The zero-order chi connectivity index (χ0) is 12.6. The summed E-state index contributed by atoms with van der Waals surface area (Å²) in [5.74, 6) is -0.0159. The zero-order valence-electron chi connectivity index (χ0n) is 10.9. The highest BCUT2D eigenvalue weighted by molar-refractivity contribution is 5.85. The number of carbonyl (C=O) groups excluding carboxylic acids is 1. The van der Waals surface area contributed by atoms with E-state index in [4.69, 9.17) is 4.74 Å². The average molecular weight is 285 g/mol. The van der Waals surface area contributed by atoms with Crippen molar-refractivity contribution < 1.29 is 9.53 Å². The molecule has 1 aliphatic rings. The summed E-state index contributed by atoms with van der Waals surface area (Å²) in [6.45, 7) is 2.59. The van der Waals surface area contributed by atoms with Gasteiger partial charge in [0.1, 0.15) is 6.61 Å². The first-order valence-corrected chi connectivity index (χ1v) is 6.46. The minimum atomic E-state index is -0.0159. The van der Waals surface area contributed by atoms with E-state index in [1.807, 2.05) is 30.3 Å². The van der Waals surface area contributed by atoms with Gasteiger partial charge in [0.05, 0.1) is 6.61 Å². The number of hydrogen-bond donors (Lipinski definition) is 2. The van der Waals surface area contributed by atoms with E-state index in [0.717, 1.165) is 31.5 Å². The van der Waals surface area contributed by atoms with E-state index >= 15 is 0 Å². The molecule has 0 saturated carbocycles. The van der Waals surface area contributed by atoms with Gasteiger partial charge in [-0.1, -0.05) is 30.3 Å². The van der Waals surface area contributed by atoms with Crippen molar-refractivity contribution in [2.24, 2.45) is 0 Å². The number of nitrogens with one attached hydrogen (secondary N) is 2. The highest BCUT2D eigenvalue weighted by Gasteiger charge is 2.14. The van der Waals surface area contributed by atoms with E-state index in [2.05, 4.69) is 10.6 Å². The van der Waals surface area contributed by atoms with Gasteiger partial charge < -0.3 is 15.4 Å². The number of ether oxygens (including phenoxy) is 1. The summed E-state index contributed by atoms with van der Waals surface area (Å²) < 4.78 is 5.40. The van der Waals surface area contributed by atoms with Gasteiger partial charge >= 0.3 is 0 Å². The molecule has 0 aliphatic carbocycles. The van der Waals surface area contributed by atoms with Crippen LogP contribution < -0.4 is 10.6 Å². The minimum Gasteiger partial charge on any atom is -0.367 e. The molecule has 19 heavy (non-hydrogen) atoms. The van der Waals surface area contributed by atoms with Crippen LogP contribution in [0.5, 0.6) is 0 Å². The molecule has 0 unspecified atom stereocenters. The van der Waals surface area contributed by atoms with Gasteiger partial charge in [0, 0.05) is 6.04 Å². The number of piperidine rings is 1. The van der Waals surface area contributed by atoms with Crippen LogP contribution in [-0.4, -0.2) is 31.6 Å².